The minimum atomic E-state index is -0.915. The molecule has 0 aliphatic heterocycles. The second-order valence-electron chi connectivity index (χ2n) is 3.11. The van der Waals surface area contributed by atoms with Crippen molar-refractivity contribution in [2.75, 3.05) is 0 Å². The Bertz CT molecular complexity index is 391. The number of nitrogens with zero attached hydrogens (tertiary/aromatic N) is 1. The zero-order valence-corrected chi connectivity index (χ0v) is 7.95. The van der Waals surface area contributed by atoms with Crippen LogP contribution < -0.4 is 0 Å². The number of hydrogen-bond acceptors (Lipinski definition) is 2. The highest BCUT2D eigenvalue weighted by atomic mass is 16.4. The van der Waals surface area contributed by atoms with E-state index >= 15 is 0 Å². The monoisotopic (exact) mass is 189 g/mol. The molecular formula is C11H11NO2. The van der Waals surface area contributed by atoms with Gasteiger partial charge in [0.15, 0.2) is 0 Å². The van der Waals surface area contributed by atoms with E-state index in [1.54, 1.807) is 19.1 Å². The molecule has 0 bridgehead atoms. The summed E-state index contributed by atoms with van der Waals surface area (Å²) in [5.41, 5.74) is 1.97. The minimum absolute atomic E-state index is 0.320. The van der Waals surface area contributed by atoms with Crippen LogP contribution in [0.4, 0.5) is 0 Å². The molecule has 0 atom stereocenters. The predicted octanol–water partition coefficient (Wildman–Crippen LogP) is 2.15. The molecule has 0 aromatic heterocycles. The maximum absolute atomic E-state index is 10.8. The summed E-state index contributed by atoms with van der Waals surface area (Å²) in [7, 11) is 0. The SMILES string of the molecule is Cc1ccc(CCC#N)cc1C(=O)O. The van der Waals surface area contributed by atoms with E-state index in [0.717, 1.165) is 11.1 Å². The summed E-state index contributed by atoms with van der Waals surface area (Å²) < 4.78 is 0. The molecule has 0 radical (unpaired) electrons. The van der Waals surface area contributed by atoms with E-state index in [1.165, 1.54) is 0 Å². The molecule has 0 unspecified atom stereocenters. The lowest BCUT2D eigenvalue weighted by Gasteiger charge is -2.03. The van der Waals surface area contributed by atoms with Crippen molar-refractivity contribution in [1.82, 2.24) is 0 Å². The van der Waals surface area contributed by atoms with E-state index in [1.807, 2.05) is 12.1 Å². The third-order valence-corrected chi connectivity index (χ3v) is 2.06. The summed E-state index contributed by atoms with van der Waals surface area (Å²) in [5.74, 6) is -0.915. The van der Waals surface area contributed by atoms with Crippen LogP contribution in [0.15, 0.2) is 18.2 Å². The summed E-state index contributed by atoms with van der Waals surface area (Å²) in [6.07, 6.45) is 1.03. The summed E-state index contributed by atoms with van der Waals surface area (Å²) in [6.45, 7) is 1.76. The predicted molar refractivity (Wildman–Crippen MR) is 52.1 cm³/mol. The Balaban J connectivity index is 2.96. The Morgan fingerprint density at radius 2 is 2.29 bits per heavy atom. The van der Waals surface area contributed by atoms with Crippen molar-refractivity contribution in [2.45, 2.75) is 19.8 Å². The third-order valence-electron chi connectivity index (χ3n) is 2.06. The first kappa shape index (κ1) is 10.3. The van der Waals surface area contributed by atoms with Crippen LogP contribution in [0.5, 0.6) is 0 Å². The lowest BCUT2D eigenvalue weighted by Crippen LogP contribution is -2.00. The van der Waals surface area contributed by atoms with Crippen molar-refractivity contribution in [2.24, 2.45) is 0 Å². The molecule has 3 heteroatoms. The lowest BCUT2D eigenvalue weighted by molar-refractivity contribution is 0.0696. The Hall–Kier alpha value is -1.82. The van der Waals surface area contributed by atoms with Crippen LogP contribution in [0, 0.1) is 18.3 Å². The molecule has 14 heavy (non-hydrogen) atoms. The number of aromatic carboxylic acids is 1. The normalized spacial score (nSPS) is 9.43. The van der Waals surface area contributed by atoms with Gasteiger partial charge in [-0.05, 0) is 30.5 Å². The molecule has 0 saturated heterocycles. The Morgan fingerprint density at radius 1 is 1.57 bits per heavy atom. The molecule has 3 nitrogen and oxygen atoms in total. The van der Waals surface area contributed by atoms with Gasteiger partial charge in [0.25, 0.3) is 0 Å². The molecule has 1 aromatic rings. The van der Waals surface area contributed by atoms with Crippen LogP contribution in [-0.4, -0.2) is 11.1 Å². The quantitative estimate of drug-likeness (QED) is 0.792. The Kier molecular flexibility index (Phi) is 3.24. The van der Waals surface area contributed by atoms with E-state index in [2.05, 4.69) is 0 Å². The molecule has 0 fully saturated rings. The number of aryl methyl sites for hydroxylation is 2. The van der Waals surface area contributed by atoms with Gasteiger partial charge in [-0.25, -0.2) is 4.79 Å². The van der Waals surface area contributed by atoms with Gasteiger partial charge in [-0.3, -0.25) is 0 Å². The van der Waals surface area contributed by atoms with Crippen molar-refractivity contribution in [3.05, 3.63) is 34.9 Å². The molecular weight excluding hydrogens is 178 g/mol. The number of carbonyl (C=O) groups is 1. The van der Waals surface area contributed by atoms with Crippen molar-refractivity contribution in [3.63, 3.8) is 0 Å². The van der Waals surface area contributed by atoms with Gasteiger partial charge in [-0.1, -0.05) is 12.1 Å². The third kappa shape index (κ3) is 2.33. The van der Waals surface area contributed by atoms with Crippen molar-refractivity contribution >= 4 is 5.97 Å². The van der Waals surface area contributed by atoms with Gasteiger partial charge in [-0.2, -0.15) is 5.26 Å². The topological polar surface area (TPSA) is 61.1 Å². The van der Waals surface area contributed by atoms with Crippen molar-refractivity contribution in [1.29, 1.82) is 5.26 Å². The standard InChI is InChI=1S/C11H11NO2/c1-8-4-5-9(3-2-6-12)7-10(8)11(13)14/h4-5,7H,2-3H2,1H3,(H,13,14). The molecule has 0 spiro atoms. The molecule has 0 aliphatic rings. The van der Waals surface area contributed by atoms with Crippen LogP contribution in [0.2, 0.25) is 0 Å². The summed E-state index contributed by atoms with van der Waals surface area (Å²) >= 11 is 0. The van der Waals surface area contributed by atoms with Crippen molar-refractivity contribution in [3.8, 4) is 6.07 Å². The van der Waals surface area contributed by atoms with Gasteiger partial charge < -0.3 is 5.11 Å². The maximum Gasteiger partial charge on any atom is 0.335 e. The number of nitriles is 1. The van der Waals surface area contributed by atoms with Gasteiger partial charge in [-0.15, -0.1) is 0 Å². The highest BCUT2D eigenvalue weighted by Gasteiger charge is 2.07. The Morgan fingerprint density at radius 3 is 2.86 bits per heavy atom. The number of hydrogen-bond donors (Lipinski definition) is 1. The zero-order valence-electron chi connectivity index (χ0n) is 7.95. The van der Waals surface area contributed by atoms with E-state index in [-0.39, 0.29) is 0 Å². The van der Waals surface area contributed by atoms with E-state index < -0.39 is 5.97 Å². The first-order valence-corrected chi connectivity index (χ1v) is 4.35. The fraction of sp³-hybridized carbons (Fsp3) is 0.273. The second kappa shape index (κ2) is 4.43. The molecule has 1 rings (SSSR count). The Labute approximate surface area is 82.6 Å². The summed E-state index contributed by atoms with van der Waals surface area (Å²) in [4.78, 5) is 10.8. The highest BCUT2D eigenvalue weighted by molar-refractivity contribution is 5.89. The van der Waals surface area contributed by atoms with Crippen LogP contribution >= 0.6 is 0 Å². The van der Waals surface area contributed by atoms with Crippen LogP contribution in [0.1, 0.15) is 27.9 Å². The number of benzene rings is 1. The van der Waals surface area contributed by atoms with Crippen LogP contribution in [-0.2, 0) is 6.42 Å². The molecule has 0 heterocycles. The summed E-state index contributed by atoms with van der Waals surface area (Å²) in [6, 6.07) is 7.30. The van der Waals surface area contributed by atoms with Gasteiger partial charge in [0.1, 0.15) is 0 Å². The lowest BCUT2D eigenvalue weighted by atomic mass is 10.0. The van der Waals surface area contributed by atoms with E-state index in [4.69, 9.17) is 10.4 Å². The van der Waals surface area contributed by atoms with Crippen LogP contribution in [0.25, 0.3) is 0 Å². The number of carboxylic acid groups (broad SMARTS) is 1. The largest absolute Gasteiger partial charge is 0.478 e. The molecule has 1 aromatic carbocycles. The molecule has 1 N–H and O–H groups in total. The smallest absolute Gasteiger partial charge is 0.335 e. The van der Waals surface area contributed by atoms with E-state index in [0.29, 0.717) is 18.4 Å². The van der Waals surface area contributed by atoms with Gasteiger partial charge in [0.05, 0.1) is 11.6 Å². The zero-order chi connectivity index (χ0) is 10.6. The average molecular weight is 189 g/mol. The maximum atomic E-state index is 10.8. The summed E-state index contributed by atoms with van der Waals surface area (Å²) in [5, 5.41) is 17.2. The fourth-order valence-corrected chi connectivity index (χ4v) is 1.26. The number of rotatable bonds is 3. The number of carboxylic acids is 1. The molecule has 0 aliphatic carbocycles. The van der Waals surface area contributed by atoms with Gasteiger partial charge in [0, 0.05) is 6.42 Å². The van der Waals surface area contributed by atoms with Crippen molar-refractivity contribution < 1.29 is 9.90 Å². The van der Waals surface area contributed by atoms with Gasteiger partial charge >= 0.3 is 5.97 Å². The second-order valence-corrected chi connectivity index (χ2v) is 3.11. The molecule has 72 valence electrons. The minimum Gasteiger partial charge on any atom is -0.478 e. The fourth-order valence-electron chi connectivity index (χ4n) is 1.26. The first-order valence-electron chi connectivity index (χ1n) is 4.35. The average Bonchev–Trinajstić information content (AvgIpc) is 2.16. The van der Waals surface area contributed by atoms with E-state index in [9.17, 15) is 4.79 Å². The molecule has 0 amide bonds. The van der Waals surface area contributed by atoms with Crippen LogP contribution in [0.3, 0.4) is 0 Å². The highest BCUT2D eigenvalue weighted by Crippen LogP contribution is 2.12. The first-order chi connectivity index (χ1) is 6.65. The van der Waals surface area contributed by atoms with Gasteiger partial charge in [0.2, 0.25) is 0 Å². The molecule has 0 saturated carbocycles.